The molecule has 0 spiro atoms. The minimum atomic E-state index is -0.894. The van der Waals surface area contributed by atoms with Crippen LogP contribution < -0.4 is 9.47 Å². The van der Waals surface area contributed by atoms with E-state index in [1.807, 2.05) is 6.07 Å². The summed E-state index contributed by atoms with van der Waals surface area (Å²) in [7, 11) is 2.54. The van der Waals surface area contributed by atoms with Crippen LogP contribution in [0.25, 0.3) is 0 Å². The fraction of sp³-hybridized carbons (Fsp3) is 0.238. The zero-order valence-corrected chi connectivity index (χ0v) is 17.8. The Morgan fingerprint density at radius 2 is 1.94 bits per heavy atom. The molecular weight excluding hydrogens is 428 g/mol. The summed E-state index contributed by atoms with van der Waals surface area (Å²) in [5.41, 5.74) is 0.732. The number of carbonyl (C=O) groups excluding carboxylic acids is 1. The Labute approximate surface area is 182 Å². The molecule has 0 aliphatic rings. The molecule has 162 valence electrons. The third-order valence-corrected chi connectivity index (χ3v) is 4.51. The van der Waals surface area contributed by atoms with Crippen molar-refractivity contribution in [2.24, 2.45) is 9.98 Å². The molecule has 7 nitrogen and oxygen atoms in total. The van der Waals surface area contributed by atoms with Crippen molar-refractivity contribution in [1.29, 1.82) is 5.26 Å². The Hall–Kier alpha value is -3.45. The van der Waals surface area contributed by atoms with Crippen molar-refractivity contribution in [3.05, 3.63) is 53.3 Å². The van der Waals surface area contributed by atoms with Crippen LogP contribution in [0.3, 0.4) is 0 Å². The highest BCUT2D eigenvalue weighted by molar-refractivity contribution is 8.15. The van der Waals surface area contributed by atoms with E-state index in [0.717, 1.165) is 18.9 Å². The van der Waals surface area contributed by atoms with Crippen molar-refractivity contribution < 1.29 is 27.8 Å². The van der Waals surface area contributed by atoms with Gasteiger partial charge in [-0.25, -0.2) is 18.6 Å². The number of ether oxygens (including phenoxy) is 3. The first-order valence-corrected chi connectivity index (χ1v) is 10.1. The van der Waals surface area contributed by atoms with E-state index in [1.54, 1.807) is 30.5 Å². The number of amides is 1. The predicted molar refractivity (Wildman–Crippen MR) is 115 cm³/mol. The molecule has 0 fully saturated rings. The molecule has 31 heavy (non-hydrogen) atoms. The zero-order chi connectivity index (χ0) is 22.8. The lowest BCUT2D eigenvalue weighted by molar-refractivity contribution is 0.183. The lowest BCUT2D eigenvalue weighted by Crippen LogP contribution is -2.17. The predicted octanol–water partition coefficient (Wildman–Crippen LogP) is 4.70. The molecule has 10 heteroatoms. The number of alkyl halides is 1. The van der Waals surface area contributed by atoms with Gasteiger partial charge in [0.15, 0.2) is 11.6 Å². The maximum absolute atomic E-state index is 15.3. The fourth-order valence-electron chi connectivity index (χ4n) is 2.40. The molecule has 0 atom stereocenters. The number of benzene rings is 2. The van der Waals surface area contributed by atoms with Gasteiger partial charge in [0.25, 0.3) is 0 Å². The molecule has 0 radical (unpaired) electrons. The highest BCUT2D eigenvalue weighted by Gasteiger charge is 2.22. The maximum atomic E-state index is 15.3. The number of nitrogens with zero attached hydrogens (tertiary/aromatic N) is 3. The molecule has 0 aliphatic heterocycles. The summed E-state index contributed by atoms with van der Waals surface area (Å²) < 4.78 is 42.8. The summed E-state index contributed by atoms with van der Waals surface area (Å²) in [6.07, 6.45) is 0.739. The number of methoxy groups -OCH3 is 2. The van der Waals surface area contributed by atoms with Crippen molar-refractivity contribution in [2.75, 3.05) is 33.8 Å². The van der Waals surface area contributed by atoms with Gasteiger partial charge in [0.05, 0.1) is 31.5 Å². The van der Waals surface area contributed by atoms with Crippen LogP contribution in [-0.4, -0.2) is 50.6 Å². The van der Waals surface area contributed by atoms with Crippen molar-refractivity contribution >= 4 is 34.3 Å². The Bertz CT molecular complexity index is 1030. The van der Waals surface area contributed by atoms with Crippen LogP contribution in [0.5, 0.6) is 11.5 Å². The fourth-order valence-corrected chi connectivity index (χ4v) is 2.92. The lowest BCUT2D eigenvalue weighted by Gasteiger charge is -2.14. The third-order valence-electron chi connectivity index (χ3n) is 3.84. The van der Waals surface area contributed by atoms with E-state index in [9.17, 15) is 9.18 Å². The van der Waals surface area contributed by atoms with Gasteiger partial charge in [0.1, 0.15) is 29.8 Å². The van der Waals surface area contributed by atoms with Crippen molar-refractivity contribution in [3.8, 4) is 17.6 Å². The minimum Gasteiger partial charge on any atom is -0.497 e. The van der Waals surface area contributed by atoms with Crippen LogP contribution in [0.1, 0.15) is 11.1 Å². The summed E-state index contributed by atoms with van der Waals surface area (Å²) in [4.78, 5) is 20.0. The second kappa shape index (κ2) is 11.7. The number of rotatable bonds is 7. The number of hydrogen-bond acceptors (Lipinski definition) is 7. The summed E-state index contributed by atoms with van der Waals surface area (Å²) in [6, 6.07) is 10.9. The van der Waals surface area contributed by atoms with Gasteiger partial charge in [-0.3, -0.25) is 0 Å². The van der Waals surface area contributed by atoms with E-state index in [2.05, 4.69) is 14.7 Å². The topological polar surface area (TPSA) is 93.3 Å². The van der Waals surface area contributed by atoms with Crippen LogP contribution in [-0.2, 0) is 4.74 Å². The van der Waals surface area contributed by atoms with E-state index in [-0.39, 0.29) is 34.4 Å². The van der Waals surface area contributed by atoms with Gasteiger partial charge in [0.2, 0.25) is 0 Å². The number of hydrogen-bond donors (Lipinski definition) is 0. The van der Waals surface area contributed by atoms with E-state index >= 15 is 4.39 Å². The summed E-state index contributed by atoms with van der Waals surface area (Å²) in [5.74, 6) is -0.831. The van der Waals surface area contributed by atoms with E-state index in [0.29, 0.717) is 11.3 Å². The maximum Gasteiger partial charge on any atom is 0.434 e. The van der Waals surface area contributed by atoms with Gasteiger partial charge in [-0.15, -0.1) is 11.8 Å². The first-order valence-electron chi connectivity index (χ1n) is 8.83. The van der Waals surface area contributed by atoms with Crippen LogP contribution in [0.15, 0.2) is 46.4 Å². The summed E-state index contributed by atoms with van der Waals surface area (Å²) in [5, 5.41) is 9.04. The molecule has 0 bridgehead atoms. The molecule has 2 aromatic rings. The van der Waals surface area contributed by atoms with Gasteiger partial charge in [-0.2, -0.15) is 10.3 Å². The molecule has 0 N–H and O–H groups in total. The van der Waals surface area contributed by atoms with Crippen molar-refractivity contribution in [1.82, 2.24) is 0 Å². The number of thioether (sulfide) groups is 1. The molecule has 0 heterocycles. The monoisotopic (exact) mass is 447 g/mol. The normalized spacial score (nSPS) is 11.6. The molecule has 2 rings (SSSR count). The molecule has 0 aliphatic carbocycles. The number of nitriles is 1. The van der Waals surface area contributed by atoms with Crippen LogP contribution in [0.2, 0.25) is 0 Å². The Morgan fingerprint density at radius 1 is 1.23 bits per heavy atom. The summed E-state index contributed by atoms with van der Waals surface area (Å²) in [6.45, 7) is -1.16. The number of carbonyl (C=O) groups is 1. The molecule has 0 aromatic heterocycles. The smallest absolute Gasteiger partial charge is 0.434 e. The van der Waals surface area contributed by atoms with Crippen molar-refractivity contribution in [2.45, 2.75) is 0 Å². The molecule has 0 saturated carbocycles. The highest BCUT2D eigenvalue weighted by Crippen LogP contribution is 2.30. The van der Waals surface area contributed by atoms with Gasteiger partial charge < -0.3 is 14.2 Å². The molecule has 2 aromatic carbocycles. The Balaban J connectivity index is 2.74. The second-order valence-electron chi connectivity index (χ2n) is 5.73. The van der Waals surface area contributed by atoms with Crippen LogP contribution in [0.4, 0.5) is 19.3 Å². The van der Waals surface area contributed by atoms with E-state index in [1.165, 1.54) is 19.2 Å². The van der Waals surface area contributed by atoms with Gasteiger partial charge in [-0.05, 0) is 36.6 Å². The van der Waals surface area contributed by atoms with Crippen LogP contribution in [0, 0.1) is 17.1 Å². The van der Waals surface area contributed by atoms with Gasteiger partial charge >= 0.3 is 6.09 Å². The SMILES string of the molecule is COC(=O)/N=C(\SC)C(=Nc1ccc(C#N)cc1)c1cc(OC)cc(OCCF)c1F. The van der Waals surface area contributed by atoms with E-state index < -0.39 is 18.6 Å². The molecule has 1 amide bonds. The average Bonchev–Trinajstić information content (AvgIpc) is 2.80. The highest BCUT2D eigenvalue weighted by atomic mass is 32.2. The standard InChI is InChI=1S/C21H19F2N3O4S/c1-28-15-10-16(18(23)17(11-15)30-9-8-22)19(20(31-3)26-21(27)29-2)25-14-6-4-13(12-24)5-7-14/h4-7,10-11H,8-9H2,1-3H3/b25-19?,26-20-. The van der Waals surface area contributed by atoms with E-state index in [4.69, 9.17) is 14.7 Å². The van der Waals surface area contributed by atoms with Gasteiger partial charge in [-0.1, -0.05) is 0 Å². The minimum absolute atomic E-state index is 0.00380. The van der Waals surface area contributed by atoms with Crippen LogP contribution >= 0.6 is 11.8 Å². The van der Waals surface area contributed by atoms with Gasteiger partial charge in [0, 0.05) is 11.6 Å². The first kappa shape index (κ1) is 23.8. The summed E-state index contributed by atoms with van der Waals surface area (Å²) >= 11 is 1.05. The largest absolute Gasteiger partial charge is 0.497 e. The molecule has 0 saturated heterocycles. The Morgan fingerprint density at radius 3 is 2.48 bits per heavy atom. The lowest BCUT2D eigenvalue weighted by atomic mass is 10.1. The van der Waals surface area contributed by atoms with Crippen molar-refractivity contribution in [3.63, 3.8) is 0 Å². The molecule has 0 unspecified atom stereocenters. The first-order chi connectivity index (χ1) is 15.0. The quantitative estimate of drug-likeness (QED) is 0.451. The average molecular weight is 447 g/mol. The molecular formula is C21H19F2N3O4S. The second-order valence-corrected chi connectivity index (χ2v) is 6.53. The Kier molecular flexibility index (Phi) is 8.96. The third kappa shape index (κ3) is 6.26. The number of aliphatic imine (C=N–C) groups is 2. The number of halogens is 2. The zero-order valence-electron chi connectivity index (χ0n) is 17.0.